The molecule has 1 unspecified atom stereocenters. The van der Waals surface area contributed by atoms with E-state index in [0.29, 0.717) is 22.6 Å². The number of rotatable bonds is 8. The van der Waals surface area contributed by atoms with Crippen LogP contribution in [-0.2, 0) is 11.2 Å². The molecule has 2 N–H and O–H groups in total. The van der Waals surface area contributed by atoms with Gasteiger partial charge in [0, 0.05) is 12.0 Å². The summed E-state index contributed by atoms with van der Waals surface area (Å²) in [4.78, 5) is 24.4. The highest BCUT2D eigenvalue weighted by molar-refractivity contribution is 5.97. The number of aliphatic carboxylic acids is 1. The number of carboxylic acids is 1. The number of fused-ring (bicyclic) bond motifs is 1. The van der Waals surface area contributed by atoms with Crippen LogP contribution < -0.4 is 10.1 Å². The van der Waals surface area contributed by atoms with Crippen molar-refractivity contribution in [2.75, 3.05) is 0 Å². The molecular weight excluding hydrogens is 414 g/mol. The lowest BCUT2D eigenvalue weighted by molar-refractivity contribution is -0.136. The number of hydrogen-bond acceptors (Lipinski definition) is 3. The molecule has 0 aliphatic heterocycles. The molecule has 0 aliphatic rings. The van der Waals surface area contributed by atoms with Gasteiger partial charge in [-0.05, 0) is 59.5 Å². The Hall–Kier alpha value is -4.12. The van der Waals surface area contributed by atoms with Crippen molar-refractivity contribution in [2.45, 2.75) is 25.8 Å². The molecule has 4 rings (SSSR count). The smallest absolute Gasteiger partial charge is 0.303 e. The maximum atomic E-state index is 13.3. The summed E-state index contributed by atoms with van der Waals surface area (Å²) in [6.07, 6.45) is 0.199. The normalized spacial score (nSPS) is 11.7. The Balaban J connectivity index is 1.62. The molecular formula is C28H25NO4. The Bertz CT molecular complexity index is 1280. The molecule has 4 aromatic rings. The van der Waals surface area contributed by atoms with Gasteiger partial charge in [-0.2, -0.15) is 0 Å². The fourth-order valence-corrected chi connectivity index (χ4v) is 3.89. The van der Waals surface area contributed by atoms with Gasteiger partial charge in [0.1, 0.15) is 11.5 Å². The van der Waals surface area contributed by atoms with Gasteiger partial charge in [0.15, 0.2) is 0 Å². The molecule has 0 bridgehead atoms. The number of hydrogen-bond donors (Lipinski definition) is 2. The summed E-state index contributed by atoms with van der Waals surface area (Å²) < 4.78 is 5.90. The Morgan fingerprint density at radius 2 is 1.61 bits per heavy atom. The van der Waals surface area contributed by atoms with Crippen LogP contribution in [-0.4, -0.2) is 17.0 Å². The molecule has 33 heavy (non-hydrogen) atoms. The van der Waals surface area contributed by atoms with Gasteiger partial charge in [-0.1, -0.05) is 66.7 Å². The molecule has 5 heteroatoms. The zero-order valence-electron chi connectivity index (χ0n) is 18.3. The van der Waals surface area contributed by atoms with E-state index in [-0.39, 0.29) is 24.8 Å². The number of ether oxygens (including phenoxy) is 1. The number of carbonyl (C=O) groups is 2. The number of carboxylic acid groups (broad SMARTS) is 1. The average molecular weight is 440 g/mol. The monoisotopic (exact) mass is 439 g/mol. The molecule has 1 amide bonds. The molecule has 0 heterocycles. The van der Waals surface area contributed by atoms with Gasteiger partial charge in [0.25, 0.3) is 5.91 Å². The molecule has 166 valence electrons. The van der Waals surface area contributed by atoms with Gasteiger partial charge in [0.05, 0.1) is 6.04 Å². The van der Waals surface area contributed by atoms with E-state index in [9.17, 15) is 9.59 Å². The van der Waals surface area contributed by atoms with Crippen molar-refractivity contribution < 1.29 is 19.4 Å². The summed E-state index contributed by atoms with van der Waals surface area (Å²) in [5.41, 5.74) is 2.10. The Labute approximate surface area is 192 Å². The van der Waals surface area contributed by atoms with Crippen LogP contribution in [0, 0.1) is 0 Å². The van der Waals surface area contributed by atoms with Gasteiger partial charge in [-0.3, -0.25) is 9.59 Å². The zero-order valence-corrected chi connectivity index (χ0v) is 18.3. The van der Waals surface area contributed by atoms with Gasteiger partial charge >= 0.3 is 5.97 Å². The van der Waals surface area contributed by atoms with E-state index in [1.807, 2.05) is 79.7 Å². The third-order valence-electron chi connectivity index (χ3n) is 5.55. The second kappa shape index (κ2) is 10.0. The van der Waals surface area contributed by atoms with E-state index in [2.05, 4.69) is 5.32 Å². The fourth-order valence-electron chi connectivity index (χ4n) is 3.89. The Morgan fingerprint density at radius 1 is 0.879 bits per heavy atom. The second-order valence-electron chi connectivity index (χ2n) is 7.89. The Kier molecular flexibility index (Phi) is 6.69. The first-order chi connectivity index (χ1) is 16.0. The number of aryl methyl sites for hydroxylation is 1. The van der Waals surface area contributed by atoms with Crippen LogP contribution in [0.5, 0.6) is 11.5 Å². The molecule has 1 atom stereocenters. The van der Waals surface area contributed by atoms with Gasteiger partial charge in [-0.25, -0.2) is 0 Å². The van der Waals surface area contributed by atoms with Crippen molar-refractivity contribution in [3.8, 4) is 11.5 Å². The SMILES string of the molecule is CC(NC(=O)c1cc(Oc2ccccc2)ccc1CCC(=O)O)c1cccc2ccccc12. The molecule has 0 aromatic heterocycles. The Morgan fingerprint density at radius 3 is 2.39 bits per heavy atom. The van der Waals surface area contributed by atoms with Crippen molar-refractivity contribution in [1.82, 2.24) is 5.32 Å². The molecule has 4 aromatic carbocycles. The highest BCUT2D eigenvalue weighted by atomic mass is 16.5. The van der Waals surface area contributed by atoms with Crippen LogP contribution >= 0.6 is 0 Å². The highest BCUT2D eigenvalue weighted by Crippen LogP contribution is 2.27. The largest absolute Gasteiger partial charge is 0.481 e. The molecule has 0 radical (unpaired) electrons. The molecule has 0 saturated heterocycles. The predicted molar refractivity (Wildman–Crippen MR) is 129 cm³/mol. The summed E-state index contributed by atoms with van der Waals surface area (Å²) >= 11 is 0. The minimum Gasteiger partial charge on any atom is -0.481 e. The van der Waals surface area contributed by atoms with Crippen molar-refractivity contribution in [3.63, 3.8) is 0 Å². The number of nitrogens with one attached hydrogen (secondary N) is 1. The lowest BCUT2D eigenvalue weighted by Gasteiger charge is -2.18. The van der Waals surface area contributed by atoms with E-state index in [0.717, 1.165) is 16.3 Å². The van der Waals surface area contributed by atoms with E-state index in [1.54, 1.807) is 18.2 Å². The lowest BCUT2D eigenvalue weighted by Crippen LogP contribution is -2.27. The molecule has 0 saturated carbocycles. The van der Waals surface area contributed by atoms with Crippen molar-refractivity contribution in [1.29, 1.82) is 0 Å². The molecule has 0 fully saturated rings. The van der Waals surface area contributed by atoms with Crippen LogP contribution in [0.3, 0.4) is 0 Å². The van der Waals surface area contributed by atoms with Gasteiger partial charge in [0.2, 0.25) is 0 Å². The number of amides is 1. The summed E-state index contributed by atoms with van der Waals surface area (Å²) in [5.74, 6) is -0.000986. The average Bonchev–Trinajstić information content (AvgIpc) is 2.83. The zero-order chi connectivity index (χ0) is 23.2. The van der Waals surface area contributed by atoms with Crippen LogP contribution in [0.1, 0.15) is 40.9 Å². The van der Waals surface area contributed by atoms with E-state index in [1.165, 1.54) is 0 Å². The van der Waals surface area contributed by atoms with E-state index < -0.39 is 5.97 Å². The third kappa shape index (κ3) is 5.39. The number of carbonyl (C=O) groups excluding carboxylic acids is 1. The maximum Gasteiger partial charge on any atom is 0.303 e. The van der Waals surface area contributed by atoms with Crippen LogP contribution in [0.4, 0.5) is 0 Å². The number of para-hydroxylation sites is 1. The molecule has 0 aliphatic carbocycles. The van der Waals surface area contributed by atoms with E-state index >= 15 is 0 Å². The standard InChI is InChI=1S/C28H25NO4/c1-19(24-13-7-9-20-8-5-6-12-25(20)24)29-28(32)26-18-23(33-22-10-3-2-4-11-22)16-14-21(26)15-17-27(30)31/h2-14,16,18-19H,15,17H2,1H3,(H,29,32)(H,30,31). The van der Waals surface area contributed by atoms with Crippen molar-refractivity contribution in [3.05, 3.63) is 108 Å². The summed E-state index contributed by atoms with van der Waals surface area (Å²) in [5, 5.41) is 14.4. The van der Waals surface area contributed by atoms with Crippen molar-refractivity contribution >= 4 is 22.6 Å². The van der Waals surface area contributed by atoms with E-state index in [4.69, 9.17) is 9.84 Å². The summed E-state index contributed by atoms with van der Waals surface area (Å²) in [6, 6.07) is 28.3. The number of benzene rings is 4. The first-order valence-corrected chi connectivity index (χ1v) is 10.9. The topological polar surface area (TPSA) is 75.6 Å². The van der Waals surface area contributed by atoms with Gasteiger partial charge < -0.3 is 15.2 Å². The minimum absolute atomic E-state index is 0.0575. The lowest BCUT2D eigenvalue weighted by atomic mass is 9.98. The summed E-state index contributed by atoms with van der Waals surface area (Å²) in [7, 11) is 0. The predicted octanol–water partition coefficient (Wildman–Crippen LogP) is 6.14. The highest BCUT2D eigenvalue weighted by Gasteiger charge is 2.18. The summed E-state index contributed by atoms with van der Waals surface area (Å²) in [6.45, 7) is 1.95. The fraction of sp³-hybridized carbons (Fsp3) is 0.143. The van der Waals surface area contributed by atoms with Crippen LogP contribution in [0.2, 0.25) is 0 Å². The van der Waals surface area contributed by atoms with Crippen LogP contribution in [0.15, 0.2) is 91.0 Å². The molecule has 5 nitrogen and oxygen atoms in total. The second-order valence-corrected chi connectivity index (χ2v) is 7.89. The van der Waals surface area contributed by atoms with Crippen LogP contribution in [0.25, 0.3) is 10.8 Å². The first kappa shape index (κ1) is 22.1. The maximum absolute atomic E-state index is 13.3. The quantitative estimate of drug-likeness (QED) is 0.346. The van der Waals surface area contributed by atoms with Crippen molar-refractivity contribution in [2.24, 2.45) is 0 Å². The van der Waals surface area contributed by atoms with Gasteiger partial charge in [-0.15, -0.1) is 0 Å². The molecule has 0 spiro atoms. The minimum atomic E-state index is -0.907. The first-order valence-electron chi connectivity index (χ1n) is 10.9. The third-order valence-corrected chi connectivity index (χ3v) is 5.55.